The molecule has 2 aromatic heterocycles. The largest absolute Gasteiger partial charge is 0.337 e. The second kappa shape index (κ2) is 8.75. The Morgan fingerprint density at radius 3 is 2.47 bits per heavy atom. The van der Waals surface area contributed by atoms with E-state index in [1.165, 1.54) is 24.3 Å². The van der Waals surface area contributed by atoms with Crippen LogP contribution >= 0.6 is 12.8 Å². The Labute approximate surface area is 198 Å². The van der Waals surface area contributed by atoms with Crippen molar-refractivity contribution in [3.05, 3.63) is 95.2 Å². The molecule has 166 valence electrons. The molecule has 0 radical (unpaired) electrons. The molecule has 5 rings (SSSR count). The lowest BCUT2D eigenvalue weighted by Crippen LogP contribution is -2.27. The Bertz CT molecular complexity index is 1560. The third-order valence-corrected chi connectivity index (χ3v) is 5.56. The fourth-order valence-electron chi connectivity index (χ4n) is 3.44. The summed E-state index contributed by atoms with van der Waals surface area (Å²) < 4.78 is 1.03. The fraction of sp³-hybridized carbons (Fsp3) is 0. The predicted molar refractivity (Wildman–Crippen MR) is 134 cm³/mol. The number of benzene rings is 3. The number of amides is 2. The number of pyridine rings is 1. The molecule has 0 aliphatic heterocycles. The number of carbonyl (C=O) groups is 1. The SMILES string of the molecule is O=C(Nc1ccc([N+](=O)[O-])cc1)N(S)c1ccc2ncc(-c3ccc4ccccc4c3)nc2n1. The number of non-ortho nitro benzene ring substituents is 1. The van der Waals surface area contributed by atoms with Gasteiger partial charge in [0.2, 0.25) is 0 Å². The second-order valence-electron chi connectivity index (χ2n) is 7.38. The highest BCUT2D eigenvalue weighted by molar-refractivity contribution is 7.82. The first kappa shape index (κ1) is 21.3. The Morgan fingerprint density at radius 1 is 0.941 bits per heavy atom. The van der Waals surface area contributed by atoms with Gasteiger partial charge in [-0.25, -0.2) is 19.1 Å². The lowest BCUT2D eigenvalue weighted by molar-refractivity contribution is -0.384. The number of carbonyl (C=O) groups excluding carboxylic acids is 1. The van der Waals surface area contributed by atoms with Crippen molar-refractivity contribution < 1.29 is 9.72 Å². The number of anilines is 2. The molecule has 0 bridgehead atoms. The van der Waals surface area contributed by atoms with Gasteiger partial charge in [0.15, 0.2) is 5.65 Å². The van der Waals surface area contributed by atoms with Gasteiger partial charge in [-0.3, -0.25) is 15.1 Å². The first-order valence-electron chi connectivity index (χ1n) is 10.2. The van der Waals surface area contributed by atoms with Crippen LogP contribution in [0.25, 0.3) is 33.2 Å². The van der Waals surface area contributed by atoms with Crippen molar-refractivity contribution in [2.24, 2.45) is 0 Å². The molecule has 0 saturated carbocycles. The van der Waals surface area contributed by atoms with E-state index in [0.717, 1.165) is 20.6 Å². The van der Waals surface area contributed by atoms with Crippen molar-refractivity contribution in [3.63, 3.8) is 0 Å². The summed E-state index contributed by atoms with van der Waals surface area (Å²) in [6.07, 6.45) is 1.69. The van der Waals surface area contributed by atoms with Crippen LogP contribution in [-0.4, -0.2) is 25.9 Å². The Hall–Kier alpha value is -4.57. The van der Waals surface area contributed by atoms with Crippen molar-refractivity contribution >= 4 is 58.0 Å². The standard InChI is InChI=1S/C24H16N6O3S/c31-24(26-18-7-9-19(10-8-18)30(32)33)29(34)22-12-11-20-23(28-22)27-21(14-25-20)17-6-5-15-3-1-2-4-16(15)13-17/h1-14,34H,(H,26,31). The van der Waals surface area contributed by atoms with Crippen molar-refractivity contribution in [2.45, 2.75) is 0 Å². The van der Waals surface area contributed by atoms with Gasteiger partial charge in [0.1, 0.15) is 11.3 Å². The molecule has 2 heterocycles. The maximum absolute atomic E-state index is 12.6. The summed E-state index contributed by atoms with van der Waals surface area (Å²) in [4.78, 5) is 36.4. The summed E-state index contributed by atoms with van der Waals surface area (Å²) in [5, 5.41) is 15.6. The smallest absolute Gasteiger partial charge is 0.307 e. The number of fused-ring (bicyclic) bond motifs is 2. The van der Waals surface area contributed by atoms with E-state index in [1.54, 1.807) is 18.3 Å². The quantitative estimate of drug-likeness (QED) is 0.201. The van der Waals surface area contributed by atoms with E-state index in [4.69, 9.17) is 0 Å². The third kappa shape index (κ3) is 4.21. The Kier molecular flexibility index (Phi) is 5.48. The number of hydrogen-bond donors (Lipinski definition) is 2. The average Bonchev–Trinajstić information content (AvgIpc) is 2.87. The van der Waals surface area contributed by atoms with Crippen LogP contribution in [0.2, 0.25) is 0 Å². The zero-order valence-corrected chi connectivity index (χ0v) is 18.4. The first-order chi connectivity index (χ1) is 16.5. The lowest BCUT2D eigenvalue weighted by atomic mass is 10.1. The minimum atomic E-state index is -0.581. The fourth-order valence-corrected chi connectivity index (χ4v) is 3.60. The summed E-state index contributed by atoms with van der Waals surface area (Å²) in [6, 6.07) is 22.3. The van der Waals surface area contributed by atoms with Gasteiger partial charge in [-0.1, -0.05) is 49.2 Å². The van der Waals surface area contributed by atoms with Crippen LogP contribution in [-0.2, 0) is 0 Å². The summed E-state index contributed by atoms with van der Waals surface area (Å²) in [5.41, 5.74) is 2.81. The molecule has 0 fully saturated rings. The van der Waals surface area contributed by atoms with Crippen LogP contribution in [0.4, 0.5) is 22.0 Å². The molecule has 5 aromatic rings. The molecule has 0 spiro atoms. The molecule has 0 aliphatic rings. The van der Waals surface area contributed by atoms with Gasteiger partial charge in [0.05, 0.1) is 16.8 Å². The van der Waals surface area contributed by atoms with E-state index in [1.807, 2.05) is 42.5 Å². The van der Waals surface area contributed by atoms with Gasteiger partial charge in [-0.15, -0.1) is 0 Å². The van der Waals surface area contributed by atoms with Crippen LogP contribution in [0.1, 0.15) is 0 Å². The van der Waals surface area contributed by atoms with Crippen molar-refractivity contribution in [1.29, 1.82) is 0 Å². The minimum absolute atomic E-state index is 0.0716. The van der Waals surface area contributed by atoms with Crippen LogP contribution < -0.4 is 9.62 Å². The summed E-state index contributed by atoms with van der Waals surface area (Å²) >= 11 is 4.26. The van der Waals surface area contributed by atoms with Crippen molar-refractivity contribution in [3.8, 4) is 11.3 Å². The number of nitrogens with zero attached hydrogens (tertiary/aromatic N) is 5. The number of nitro benzene ring substituents is 1. The lowest BCUT2D eigenvalue weighted by Gasteiger charge is -2.16. The van der Waals surface area contributed by atoms with Crippen molar-refractivity contribution in [1.82, 2.24) is 15.0 Å². The van der Waals surface area contributed by atoms with Crippen LogP contribution in [0.3, 0.4) is 0 Å². The number of nitrogens with one attached hydrogen (secondary N) is 1. The van der Waals surface area contributed by atoms with E-state index in [0.29, 0.717) is 22.5 Å². The van der Waals surface area contributed by atoms with Gasteiger partial charge in [0, 0.05) is 23.4 Å². The van der Waals surface area contributed by atoms with Gasteiger partial charge < -0.3 is 5.32 Å². The van der Waals surface area contributed by atoms with E-state index in [2.05, 4.69) is 33.1 Å². The molecule has 0 aliphatic carbocycles. The number of urea groups is 1. The predicted octanol–water partition coefficient (Wildman–Crippen LogP) is 5.64. The third-order valence-electron chi connectivity index (χ3n) is 5.18. The van der Waals surface area contributed by atoms with Crippen LogP contribution in [0.5, 0.6) is 0 Å². The van der Waals surface area contributed by atoms with Gasteiger partial charge in [0.25, 0.3) is 5.69 Å². The van der Waals surface area contributed by atoms with Crippen molar-refractivity contribution in [2.75, 3.05) is 9.62 Å². The van der Waals surface area contributed by atoms with Gasteiger partial charge in [-0.2, -0.15) is 0 Å². The zero-order valence-electron chi connectivity index (χ0n) is 17.5. The van der Waals surface area contributed by atoms with Crippen LogP contribution in [0, 0.1) is 10.1 Å². The molecular formula is C24H16N6O3S. The minimum Gasteiger partial charge on any atom is -0.307 e. The molecule has 0 unspecified atom stereocenters. The van der Waals surface area contributed by atoms with E-state index >= 15 is 0 Å². The topological polar surface area (TPSA) is 114 Å². The monoisotopic (exact) mass is 468 g/mol. The number of thiol groups is 1. The van der Waals surface area contributed by atoms with Gasteiger partial charge in [-0.05, 0) is 41.1 Å². The average molecular weight is 468 g/mol. The zero-order chi connectivity index (χ0) is 23.7. The molecule has 0 saturated heterocycles. The van der Waals surface area contributed by atoms with E-state index < -0.39 is 11.0 Å². The Morgan fingerprint density at radius 2 is 1.71 bits per heavy atom. The number of nitro groups is 1. The molecule has 9 nitrogen and oxygen atoms in total. The Balaban J connectivity index is 1.40. The van der Waals surface area contributed by atoms with Gasteiger partial charge >= 0.3 is 6.03 Å². The summed E-state index contributed by atoms with van der Waals surface area (Å²) in [6.45, 7) is 0. The molecule has 2 amide bonds. The van der Waals surface area contributed by atoms with Crippen LogP contribution in [0.15, 0.2) is 85.1 Å². The molecule has 1 N–H and O–H groups in total. The number of hydrogen-bond acceptors (Lipinski definition) is 7. The highest BCUT2D eigenvalue weighted by Crippen LogP contribution is 2.25. The maximum Gasteiger partial charge on any atom is 0.337 e. The maximum atomic E-state index is 12.6. The highest BCUT2D eigenvalue weighted by atomic mass is 32.1. The molecule has 3 aromatic carbocycles. The first-order valence-corrected chi connectivity index (χ1v) is 10.6. The summed E-state index contributed by atoms with van der Waals surface area (Å²) in [7, 11) is 0. The highest BCUT2D eigenvalue weighted by Gasteiger charge is 2.16. The molecule has 34 heavy (non-hydrogen) atoms. The normalized spacial score (nSPS) is 10.9. The molecule has 10 heteroatoms. The summed E-state index contributed by atoms with van der Waals surface area (Å²) in [5.74, 6) is 0.250. The number of rotatable bonds is 4. The molecule has 0 atom stereocenters. The van der Waals surface area contributed by atoms with E-state index in [9.17, 15) is 14.9 Å². The van der Waals surface area contributed by atoms with E-state index in [-0.39, 0.29) is 11.5 Å². The second-order valence-corrected chi connectivity index (χ2v) is 7.78. The molecular weight excluding hydrogens is 452 g/mol. The number of aromatic nitrogens is 3.